The number of fused-ring (bicyclic) bond motifs is 1. The average Bonchev–Trinajstić information content (AvgIpc) is 2.83. The highest BCUT2D eigenvalue weighted by atomic mass is 16.5. The van der Waals surface area contributed by atoms with Gasteiger partial charge in [-0.3, -0.25) is 24.0 Å². The molecular weight excluding hydrogens is 422 g/mol. The number of benzene rings is 2. The predicted molar refractivity (Wildman–Crippen MR) is 126 cm³/mol. The molecule has 0 atom stereocenters. The summed E-state index contributed by atoms with van der Waals surface area (Å²) in [7, 11) is 1.49. The zero-order valence-electron chi connectivity index (χ0n) is 18.0. The fourth-order valence-electron chi connectivity index (χ4n) is 3.58. The first-order chi connectivity index (χ1) is 16.0. The first kappa shape index (κ1) is 22.0. The van der Waals surface area contributed by atoms with E-state index in [0.717, 1.165) is 10.9 Å². The average molecular weight is 445 g/mol. The second-order valence-corrected chi connectivity index (χ2v) is 7.40. The number of para-hydroxylation sites is 1. The number of nitrogen functional groups attached to an aromatic ring is 1. The van der Waals surface area contributed by atoms with E-state index in [1.807, 2.05) is 48.5 Å². The van der Waals surface area contributed by atoms with E-state index >= 15 is 0 Å². The van der Waals surface area contributed by atoms with E-state index in [0.29, 0.717) is 5.52 Å². The van der Waals surface area contributed by atoms with Crippen LogP contribution < -0.4 is 21.9 Å². The molecule has 0 spiro atoms. The Morgan fingerprint density at radius 1 is 1.06 bits per heavy atom. The van der Waals surface area contributed by atoms with Crippen molar-refractivity contribution in [2.75, 3.05) is 24.4 Å². The molecule has 0 unspecified atom stereocenters. The van der Waals surface area contributed by atoms with Crippen molar-refractivity contribution < 1.29 is 9.53 Å². The van der Waals surface area contributed by atoms with E-state index in [-0.39, 0.29) is 36.9 Å². The minimum Gasteiger partial charge on any atom is -0.383 e. The van der Waals surface area contributed by atoms with Crippen molar-refractivity contribution in [3.05, 3.63) is 98.8 Å². The Bertz CT molecular complexity index is 1410. The lowest BCUT2D eigenvalue weighted by molar-refractivity contribution is 0.0980. The van der Waals surface area contributed by atoms with Crippen molar-refractivity contribution in [1.82, 2.24) is 14.5 Å². The van der Waals surface area contributed by atoms with Crippen LogP contribution in [0.4, 0.5) is 11.5 Å². The second kappa shape index (κ2) is 9.49. The number of hydrogen-bond acceptors (Lipinski definition) is 6. The third kappa shape index (κ3) is 4.53. The van der Waals surface area contributed by atoms with Crippen LogP contribution in [0.2, 0.25) is 0 Å². The number of pyridine rings is 1. The Kier molecular flexibility index (Phi) is 6.32. The standard InChI is InChI=1S/C24H23N5O4/c1-33-14-13-28-21(25)20(22(30)27-24(28)32)29(15-16-7-3-2-4-8-16)23(31)19-12-11-17-9-5-6-10-18(17)26-19/h2-12H,13-15,25H2,1H3,(H,27,30,32). The van der Waals surface area contributed by atoms with Crippen LogP contribution in [0, 0.1) is 0 Å². The maximum Gasteiger partial charge on any atom is 0.330 e. The van der Waals surface area contributed by atoms with Gasteiger partial charge >= 0.3 is 5.69 Å². The number of amides is 1. The van der Waals surface area contributed by atoms with Gasteiger partial charge in [-0.1, -0.05) is 54.6 Å². The monoisotopic (exact) mass is 445 g/mol. The Labute approximate surface area is 189 Å². The number of carbonyl (C=O) groups excluding carboxylic acids is 1. The molecule has 0 aliphatic carbocycles. The highest BCUT2D eigenvalue weighted by Gasteiger charge is 2.26. The Balaban J connectivity index is 1.85. The number of ether oxygens (including phenoxy) is 1. The molecule has 3 N–H and O–H groups in total. The molecule has 0 radical (unpaired) electrons. The zero-order valence-corrected chi connectivity index (χ0v) is 18.0. The van der Waals surface area contributed by atoms with Gasteiger partial charge in [-0.15, -0.1) is 0 Å². The van der Waals surface area contributed by atoms with Gasteiger partial charge in [0.15, 0.2) is 5.69 Å². The van der Waals surface area contributed by atoms with E-state index < -0.39 is 17.2 Å². The number of aromatic amines is 1. The number of rotatable bonds is 7. The van der Waals surface area contributed by atoms with Crippen LogP contribution in [-0.4, -0.2) is 34.2 Å². The Hall–Kier alpha value is -4.24. The SMILES string of the molecule is COCCn1c(N)c(N(Cc2ccccc2)C(=O)c2ccc3ccccc3n2)c(=O)[nH]c1=O. The van der Waals surface area contributed by atoms with E-state index in [1.54, 1.807) is 18.2 Å². The van der Waals surface area contributed by atoms with Crippen LogP contribution in [0.1, 0.15) is 16.1 Å². The quantitative estimate of drug-likeness (QED) is 0.449. The molecule has 168 valence electrons. The molecule has 0 saturated heterocycles. The number of hydrogen-bond donors (Lipinski definition) is 2. The third-order valence-electron chi connectivity index (χ3n) is 5.25. The van der Waals surface area contributed by atoms with Crippen LogP contribution in [0.3, 0.4) is 0 Å². The molecule has 9 nitrogen and oxygen atoms in total. The van der Waals surface area contributed by atoms with Gasteiger partial charge in [0, 0.05) is 12.5 Å². The number of aromatic nitrogens is 3. The normalized spacial score (nSPS) is 10.9. The molecule has 4 aromatic rings. The summed E-state index contributed by atoms with van der Waals surface area (Å²) in [5, 5.41) is 0.883. The molecule has 2 aromatic heterocycles. The molecule has 0 aliphatic rings. The van der Waals surface area contributed by atoms with E-state index in [1.165, 1.54) is 16.6 Å². The number of H-pyrrole nitrogens is 1. The molecule has 1 amide bonds. The molecule has 2 aromatic carbocycles. The zero-order chi connectivity index (χ0) is 23.4. The maximum atomic E-state index is 13.7. The lowest BCUT2D eigenvalue weighted by Crippen LogP contribution is -2.41. The van der Waals surface area contributed by atoms with E-state index in [4.69, 9.17) is 10.5 Å². The maximum absolute atomic E-state index is 13.7. The number of methoxy groups -OCH3 is 1. The van der Waals surface area contributed by atoms with Gasteiger partial charge in [0.05, 0.1) is 25.2 Å². The van der Waals surface area contributed by atoms with Gasteiger partial charge in [-0.05, 0) is 17.7 Å². The Morgan fingerprint density at radius 3 is 2.55 bits per heavy atom. The predicted octanol–water partition coefficient (Wildman–Crippen LogP) is 2.16. The molecule has 0 aliphatic heterocycles. The van der Waals surface area contributed by atoms with Crippen LogP contribution in [0.25, 0.3) is 10.9 Å². The highest BCUT2D eigenvalue weighted by Crippen LogP contribution is 2.22. The molecule has 0 fully saturated rings. The van der Waals surface area contributed by atoms with E-state index in [2.05, 4.69) is 9.97 Å². The minimum absolute atomic E-state index is 0.0595. The largest absolute Gasteiger partial charge is 0.383 e. The molecule has 2 heterocycles. The fraction of sp³-hybridized carbons (Fsp3) is 0.167. The van der Waals surface area contributed by atoms with Crippen LogP contribution >= 0.6 is 0 Å². The first-order valence-electron chi connectivity index (χ1n) is 10.3. The van der Waals surface area contributed by atoms with Crippen LogP contribution in [-0.2, 0) is 17.8 Å². The van der Waals surface area contributed by atoms with Gasteiger partial charge in [0.25, 0.3) is 11.5 Å². The summed E-state index contributed by atoms with van der Waals surface area (Å²) >= 11 is 0. The summed E-state index contributed by atoms with van der Waals surface area (Å²) in [6, 6.07) is 20.0. The van der Waals surface area contributed by atoms with Crippen molar-refractivity contribution in [2.45, 2.75) is 13.1 Å². The van der Waals surface area contributed by atoms with Crippen molar-refractivity contribution in [3.8, 4) is 0 Å². The van der Waals surface area contributed by atoms with Crippen molar-refractivity contribution in [3.63, 3.8) is 0 Å². The summed E-state index contributed by atoms with van der Waals surface area (Å²) in [4.78, 5) is 46.9. The third-order valence-corrected chi connectivity index (χ3v) is 5.25. The number of nitrogens with one attached hydrogen (secondary N) is 1. The fourth-order valence-corrected chi connectivity index (χ4v) is 3.58. The highest BCUT2D eigenvalue weighted by molar-refractivity contribution is 6.06. The lowest BCUT2D eigenvalue weighted by Gasteiger charge is -2.24. The minimum atomic E-state index is -0.753. The molecule has 33 heavy (non-hydrogen) atoms. The van der Waals surface area contributed by atoms with Crippen molar-refractivity contribution in [1.29, 1.82) is 0 Å². The number of anilines is 2. The van der Waals surface area contributed by atoms with Gasteiger partial charge in [0.1, 0.15) is 11.5 Å². The topological polar surface area (TPSA) is 123 Å². The Morgan fingerprint density at radius 2 is 1.79 bits per heavy atom. The molecular formula is C24H23N5O4. The van der Waals surface area contributed by atoms with Crippen molar-refractivity contribution >= 4 is 28.3 Å². The number of carbonyl (C=O) groups is 1. The van der Waals surface area contributed by atoms with Gasteiger partial charge in [0.2, 0.25) is 0 Å². The van der Waals surface area contributed by atoms with Gasteiger partial charge in [-0.25, -0.2) is 9.78 Å². The second-order valence-electron chi connectivity index (χ2n) is 7.40. The number of nitrogens with two attached hydrogens (primary N) is 1. The van der Waals surface area contributed by atoms with Gasteiger partial charge < -0.3 is 10.5 Å². The molecule has 0 saturated carbocycles. The van der Waals surface area contributed by atoms with E-state index in [9.17, 15) is 14.4 Å². The first-order valence-corrected chi connectivity index (χ1v) is 10.3. The van der Waals surface area contributed by atoms with Gasteiger partial charge in [-0.2, -0.15) is 0 Å². The van der Waals surface area contributed by atoms with Crippen LogP contribution in [0.15, 0.2) is 76.3 Å². The molecule has 0 bridgehead atoms. The molecule has 9 heteroatoms. The van der Waals surface area contributed by atoms with Crippen LogP contribution in [0.5, 0.6) is 0 Å². The summed E-state index contributed by atoms with van der Waals surface area (Å²) in [5.41, 5.74) is 6.30. The summed E-state index contributed by atoms with van der Waals surface area (Å²) in [5.74, 6) is -0.635. The molecule has 4 rings (SSSR count). The number of nitrogens with zero attached hydrogens (tertiary/aromatic N) is 3. The smallest absolute Gasteiger partial charge is 0.330 e. The summed E-state index contributed by atoms with van der Waals surface area (Å²) in [6.45, 7) is 0.380. The summed E-state index contributed by atoms with van der Waals surface area (Å²) in [6.07, 6.45) is 0. The summed E-state index contributed by atoms with van der Waals surface area (Å²) < 4.78 is 6.22. The lowest BCUT2D eigenvalue weighted by atomic mass is 10.1. The van der Waals surface area contributed by atoms with Crippen molar-refractivity contribution in [2.24, 2.45) is 0 Å².